The van der Waals surface area contributed by atoms with Gasteiger partial charge in [-0.05, 0) is 6.07 Å². The van der Waals surface area contributed by atoms with Gasteiger partial charge in [0.15, 0.2) is 6.29 Å². The van der Waals surface area contributed by atoms with Gasteiger partial charge in [-0.3, -0.25) is 4.79 Å². The van der Waals surface area contributed by atoms with E-state index in [0.717, 1.165) is 16.8 Å². The van der Waals surface area contributed by atoms with Crippen molar-refractivity contribution in [1.29, 1.82) is 0 Å². The molecule has 1 aromatic rings. The Hall–Kier alpha value is -1.26. The van der Waals surface area contributed by atoms with E-state index in [4.69, 9.17) is 0 Å². The van der Waals surface area contributed by atoms with Gasteiger partial charge in [0.05, 0.1) is 11.3 Å². The zero-order valence-electron chi connectivity index (χ0n) is 6.22. The molecule has 66 valence electrons. The minimum atomic E-state index is -4.38. The Bertz CT molecular complexity index is 300. The van der Waals surface area contributed by atoms with E-state index in [0.29, 0.717) is 6.29 Å². The minimum Gasteiger partial charge on any atom is -0.348 e. The highest BCUT2D eigenvalue weighted by atomic mass is 19.4. The fraction of sp³-hybridized carbons (Fsp3) is 0.286. The number of carbonyl (C=O) groups excluding carboxylic acids is 1. The summed E-state index contributed by atoms with van der Waals surface area (Å²) in [7, 11) is 1.39. The molecule has 0 N–H and O–H groups in total. The maximum Gasteiger partial charge on any atom is 0.417 e. The van der Waals surface area contributed by atoms with Crippen molar-refractivity contribution in [2.75, 3.05) is 0 Å². The Morgan fingerprint density at radius 1 is 1.50 bits per heavy atom. The minimum absolute atomic E-state index is 0.0160. The maximum atomic E-state index is 12.0. The molecule has 0 bridgehead atoms. The number of hydrogen-bond acceptors (Lipinski definition) is 1. The highest BCUT2D eigenvalue weighted by molar-refractivity contribution is 5.72. The van der Waals surface area contributed by atoms with Crippen LogP contribution < -0.4 is 0 Å². The van der Waals surface area contributed by atoms with E-state index in [1.54, 1.807) is 0 Å². The third-order valence-electron chi connectivity index (χ3n) is 1.49. The first-order chi connectivity index (χ1) is 5.45. The second-order valence-electron chi connectivity index (χ2n) is 2.38. The van der Waals surface area contributed by atoms with Crippen LogP contribution in [-0.4, -0.2) is 10.9 Å². The molecule has 0 aliphatic carbocycles. The molecule has 0 spiro atoms. The van der Waals surface area contributed by atoms with Crippen molar-refractivity contribution in [3.63, 3.8) is 0 Å². The van der Waals surface area contributed by atoms with E-state index in [2.05, 4.69) is 0 Å². The highest BCUT2D eigenvalue weighted by Crippen LogP contribution is 2.29. The van der Waals surface area contributed by atoms with Crippen LogP contribution in [-0.2, 0) is 13.2 Å². The third kappa shape index (κ3) is 1.49. The van der Waals surface area contributed by atoms with Crippen LogP contribution in [0.5, 0.6) is 0 Å². The van der Waals surface area contributed by atoms with Crippen molar-refractivity contribution in [2.24, 2.45) is 7.05 Å². The summed E-state index contributed by atoms with van der Waals surface area (Å²) in [5, 5.41) is 0. The number of aromatic nitrogens is 1. The number of aryl methyl sites for hydroxylation is 1. The Kier molecular flexibility index (Phi) is 1.95. The molecule has 0 amide bonds. The van der Waals surface area contributed by atoms with Crippen molar-refractivity contribution in [3.05, 3.63) is 23.5 Å². The standard InChI is InChI=1S/C7H6F3NO/c1-11-3-5(7(8,9)10)2-6(11)4-12/h2-4H,1H3. The Morgan fingerprint density at radius 3 is 2.33 bits per heavy atom. The molecule has 0 saturated heterocycles. The second-order valence-corrected chi connectivity index (χ2v) is 2.38. The summed E-state index contributed by atoms with van der Waals surface area (Å²) < 4.78 is 37.1. The lowest BCUT2D eigenvalue weighted by Gasteiger charge is -2.00. The average molecular weight is 177 g/mol. The lowest BCUT2D eigenvalue weighted by molar-refractivity contribution is -0.137. The van der Waals surface area contributed by atoms with Gasteiger partial charge in [0, 0.05) is 13.2 Å². The Balaban J connectivity index is 3.13. The van der Waals surface area contributed by atoms with Crippen LogP contribution in [0.1, 0.15) is 16.1 Å². The summed E-state index contributed by atoms with van der Waals surface area (Å²) in [5.41, 5.74) is -0.783. The van der Waals surface area contributed by atoms with Crippen molar-refractivity contribution in [1.82, 2.24) is 4.57 Å². The molecule has 0 unspecified atom stereocenters. The molecule has 0 fully saturated rings. The van der Waals surface area contributed by atoms with Crippen LogP contribution in [0.2, 0.25) is 0 Å². The van der Waals surface area contributed by atoms with Crippen molar-refractivity contribution in [2.45, 2.75) is 6.18 Å². The molecule has 0 atom stereocenters. The molecule has 1 heterocycles. The Labute approximate surface area is 66.6 Å². The summed E-state index contributed by atoms with van der Waals surface area (Å²) in [6, 6.07) is 0.812. The van der Waals surface area contributed by atoms with Gasteiger partial charge in [0.25, 0.3) is 0 Å². The lowest BCUT2D eigenvalue weighted by Crippen LogP contribution is -2.02. The van der Waals surface area contributed by atoms with E-state index in [1.165, 1.54) is 7.05 Å². The fourth-order valence-corrected chi connectivity index (χ4v) is 0.854. The topological polar surface area (TPSA) is 22.0 Å². The van der Waals surface area contributed by atoms with Crippen LogP contribution in [0.15, 0.2) is 12.3 Å². The van der Waals surface area contributed by atoms with Gasteiger partial charge in [0.1, 0.15) is 0 Å². The van der Waals surface area contributed by atoms with Crippen LogP contribution in [0, 0.1) is 0 Å². The number of alkyl halides is 3. The first kappa shape index (κ1) is 8.83. The molecule has 0 aliphatic rings. The average Bonchev–Trinajstić information content (AvgIpc) is 2.29. The second kappa shape index (κ2) is 2.66. The molecular formula is C7H6F3NO. The molecule has 2 nitrogen and oxygen atoms in total. The number of halogens is 3. The van der Waals surface area contributed by atoms with E-state index in [-0.39, 0.29) is 5.69 Å². The number of hydrogen-bond donors (Lipinski definition) is 0. The molecular weight excluding hydrogens is 171 g/mol. The predicted octanol–water partition coefficient (Wildman–Crippen LogP) is 1.86. The van der Waals surface area contributed by atoms with E-state index < -0.39 is 11.7 Å². The molecule has 0 saturated carbocycles. The monoisotopic (exact) mass is 177 g/mol. The quantitative estimate of drug-likeness (QED) is 0.600. The van der Waals surface area contributed by atoms with Gasteiger partial charge in [-0.2, -0.15) is 13.2 Å². The van der Waals surface area contributed by atoms with E-state index in [1.807, 2.05) is 0 Å². The molecule has 0 aromatic carbocycles. The number of rotatable bonds is 1. The fourth-order valence-electron chi connectivity index (χ4n) is 0.854. The first-order valence-electron chi connectivity index (χ1n) is 3.14. The smallest absolute Gasteiger partial charge is 0.348 e. The van der Waals surface area contributed by atoms with Crippen molar-refractivity contribution >= 4 is 6.29 Å². The third-order valence-corrected chi connectivity index (χ3v) is 1.49. The van der Waals surface area contributed by atoms with E-state index in [9.17, 15) is 18.0 Å². The van der Waals surface area contributed by atoms with E-state index >= 15 is 0 Å². The molecule has 1 rings (SSSR count). The maximum absolute atomic E-state index is 12.0. The Morgan fingerprint density at radius 2 is 2.08 bits per heavy atom. The van der Waals surface area contributed by atoms with Crippen LogP contribution >= 0.6 is 0 Å². The van der Waals surface area contributed by atoms with Crippen molar-refractivity contribution in [3.8, 4) is 0 Å². The van der Waals surface area contributed by atoms with Crippen LogP contribution in [0.3, 0.4) is 0 Å². The van der Waals surface area contributed by atoms with Gasteiger partial charge in [0.2, 0.25) is 0 Å². The number of carbonyl (C=O) groups is 1. The summed E-state index contributed by atoms with van der Waals surface area (Å²) in [5.74, 6) is 0. The largest absolute Gasteiger partial charge is 0.417 e. The molecule has 0 aliphatic heterocycles. The van der Waals surface area contributed by atoms with Gasteiger partial charge < -0.3 is 4.57 Å². The SMILES string of the molecule is Cn1cc(C(F)(F)F)cc1C=O. The predicted molar refractivity (Wildman–Crippen MR) is 35.8 cm³/mol. The molecule has 1 aromatic heterocycles. The summed E-state index contributed by atoms with van der Waals surface area (Å²) in [6.07, 6.45) is -3.11. The highest BCUT2D eigenvalue weighted by Gasteiger charge is 2.32. The van der Waals surface area contributed by atoms with Crippen LogP contribution in [0.4, 0.5) is 13.2 Å². The van der Waals surface area contributed by atoms with Gasteiger partial charge in [-0.15, -0.1) is 0 Å². The van der Waals surface area contributed by atoms with Gasteiger partial charge in [-0.25, -0.2) is 0 Å². The number of nitrogens with zero attached hydrogens (tertiary/aromatic N) is 1. The lowest BCUT2D eigenvalue weighted by atomic mass is 10.3. The summed E-state index contributed by atoms with van der Waals surface area (Å²) >= 11 is 0. The molecule has 5 heteroatoms. The number of aldehydes is 1. The first-order valence-corrected chi connectivity index (χ1v) is 3.14. The van der Waals surface area contributed by atoms with Crippen LogP contribution in [0.25, 0.3) is 0 Å². The zero-order chi connectivity index (χ0) is 9.35. The normalized spacial score (nSPS) is 11.7. The summed E-state index contributed by atoms with van der Waals surface area (Å²) in [4.78, 5) is 10.2. The van der Waals surface area contributed by atoms with Gasteiger partial charge >= 0.3 is 6.18 Å². The molecule has 0 radical (unpaired) electrons. The zero-order valence-corrected chi connectivity index (χ0v) is 6.22. The van der Waals surface area contributed by atoms with Crippen molar-refractivity contribution < 1.29 is 18.0 Å². The molecule has 12 heavy (non-hydrogen) atoms. The summed E-state index contributed by atoms with van der Waals surface area (Å²) in [6.45, 7) is 0. The van der Waals surface area contributed by atoms with Gasteiger partial charge in [-0.1, -0.05) is 0 Å².